The number of allylic oxidation sites excluding steroid dienone is 2. The van der Waals surface area contributed by atoms with Crippen LogP contribution in [0.15, 0.2) is 28.4 Å². The number of amides is 2. The maximum atomic E-state index is 13.8. The van der Waals surface area contributed by atoms with Gasteiger partial charge in [0, 0.05) is 25.3 Å². The molecule has 2 amide bonds. The zero-order valence-corrected chi connectivity index (χ0v) is 18.2. The lowest BCUT2D eigenvalue weighted by Crippen LogP contribution is -2.62. The molecule has 11 heteroatoms. The lowest BCUT2D eigenvalue weighted by atomic mass is 9.87. The third-order valence-electron chi connectivity index (χ3n) is 6.99. The van der Waals surface area contributed by atoms with Crippen LogP contribution in [0.1, 0.15) is 32.6 Å². The maximum absolute atomic E-state index is 13.8. The van der Waals surface area contributed by atoms with Gasteiger partial charge in [-0.05, 0) is 50.2 Å². The molecular formula is C21H24ClF3N4O3. The topological polar surface area (TPSA) is 76.5 Å². The normalized spacial score (nSPS) is 35.2. The Hall–Kier alpha value is -2.07. The zero-order chi connectivity index (χ0) is 23.0. The van der Waals surface area contributed by atoms with Crippen molar-refractivity contribution in [1.29, 1.82) is 0 Å². The van der Waals surface area contributed by atoms with Crippen LogP contribution < -0.4 is 0 Å². The van der Waals surface area contributed by atoms with Crippen molar-refractivity contribution < 1.29 is 27.9 Å². The summed E-state index contributed by atoms with van der Waals surface area (Å²) in [6.07, 6.45) is 0.334. The highest BCUT2D eigenvalue weighted by Crippen LogP contribution is 2.46. The molecule has 2 aliphatic carbocycles. The van der Waals surface area contributed by atoms with Crippen molar-refractivity contribution >= 4 is 29.3 Å². The molecule has 0 bridgehead atoms. The first-order valence-electron chi connectivity index (χ1n) is 10.8. The minimum absolute atomic E-state index is 0.0303. The van der Waals surface area contributed by atoms with Crippen LogP contribution in [-0.2, 0) is 9.59 Å². The van der Waals surface area contributed by atoms with Crippen molar-refractivity contribution in [3.63, 3.8) is 0 Å². The van der Waals surface area contributed by atoms with Gasteiger partial charge in [-0.3, -0.25) is 9.59 Å². The van der Waals surface area contributed by atoms with Gasteiger partial charge in [-0.1, -0.05) is 11.6 Å². The van der Waals surface area contributed by atoms with Crippen LogP contribution in [0.5, 0.6) is 0 Å². The Morgan fingerprint density at radius 2 is 1.97 bits per heavy atom. The fourth-order valence-electron chi connectivity index (χ4n) is 4.84. The summed E-state index contributed by atoms with van der Waals surface area (Å²) in [4.78, 5) is 34.5. The average molecular weight is 473 g/mol. The molecule has 32 heavy (non-hydrogen) atoms. The second-order valence-corrected chi connectivity index (χ2v) is 9.79. The van der Waals surface area contributed by atoms with Gasteiger partial charge in [0.15, 0.2) is 5.54 Å². The molecular weight excluding hydrogens is 449 g/mol. The van der Waals surface area contributed by atoms with Crippen molar-refractivity contribution in [2.45, 2.75) is 62.0 Å². The number of carbonyl (C=O) groups is 2. The summed E-state index contributed by atoms with van der Waals surface area (Å²) >= 11 is 6.58. The molecule has 2 unspecified atom stereocenters. The largest absolute Gasteiger partial charge is 0.419 e. The van der Waals surface area contributed by atoms with Crippen molar-refractivity contribution in [2.75, 3.05) is 19.6 Å². The summed E-state index contributed by atoms with van der Waals surface area (Å²) in [6, 6.07) is -0.0303. The molecule has 0 aromatic carbocycles. The summed E-state index contributed by atoms with van der Waals surface area (Å²) < 4.78 is 41.4. The summed E-state index contributed by atoms with van der Waals surface area (Å²) in [5.41, 5.74) is -3.15. The minimum atomic E-state index is -4.63. The number of carbonyl (C=O) groups excluding carboxylic acids is 2. The van der Waals surface area contributed by atoms with E-state index in [1.54, 1.807) is 11.1 Å². The number of nitrogens with zero attached hydrogens (tertiary/aromatic N) is 4. The second kappa shape index (κ2) is 7.21. The highest BCUT2D eigenvalue weighted by molar-refractivity contribution is 6.27. The minimum Gasteiger partial charge on any atom is -0.393 e. The van der Waals surface area contributed by atoms with Crippen molar-refractivity contribution in [2.24, 2.45) is 10.9 Å². The Bertz CT molecular complexity index is 954. The Morgan fingerprint density at radius 3 is 2.53 bits per heavy atom. The van der Waals surface area contributed by atoms with Gasteiger partial charge in [0.05, 0.1) is 18.2 Å². The van der Waals surface area contributed by atoms with E-state index in [1.807, 2.05) is 0 Å². The first-order chi connectivity index (χ1) is 15.0. The van der Waals surface area contributed by atoms with Crippen LogP contribution in [0.3, 0.4) is 0 Å². The first-order valence-corrected chi connectivity index (χ1v) is 11.2. The van der Waals surface area contributed by atoms with E-state index in [-0.39, 0.29) is 36.8 Å². The Morgan fingerprint density at radius 1 is 1.28 bits per heavy atom. The van der Waals surface area contributed by atoms with Crippen LogP contribution in [0.25, 0.3) is 0 Å². The number of halogens is 4. The van der Waals surface area contributed by atoms with Gasteiger partial charge in [0.1, 0.15) is 11.3 Å². The lowest BCUT2D eigenvalue weighted by Gasteiger charge is -2.45. The van der Waals surface area contributed by atoms with E-state index in [9.17, 15) is 27.9 Å². The first kappa shape index (κ1) is 21.8. The molecule has 0 aromatic rings. The van der Waals surface area contributed by atoms with E-state index in [0.717, 1.165) is 18.9 Å². The smallest absolute Gasteiger partial charge is 0.393 e. The number of piperazine rings is 1. The van der Waals surface area contributed by atoms with Gasteiger partial charge in [-0.15, -0.1) is 0 Å². The lowest BCUT2D eigenvalue weighted by molar-refractivity contribution is -0.152. The van der Waals surface area contributed by atoms with Crippen LogP contribution in [-0.4, -0.2) is 86.5 Å². The van der Waals surface area contributed by atoms with E-state index in [4.69, 9.17) is 11.6 Å². The molecule has 3 heterocycles. The number of alkyl halides is 4. The Balaban J connectivity index is 1.38. The number of hydrogen-bond donors (Lipinski definition) is 1. The molecule has 1 saturated heterocycles. The number of rotatable bonds is 3. The molecule has 0 aromatic heterocycles. The third-order valence-corrected chi connectivity index (χ3v) is 7.63. The molecule has 3 fully saturated rings. The van der Waals surface area contributed by atoms with E-state index in [1.165, 1.54) is 16.7 Å². The van der Waals surface area contributed by atoms with Crippen molar-refractivity contribution in [3.05, 3.63) is 23.4 Å². The predicted molar refractivity (Wildman–Crippen MR) is 110 cm³/mol. The summed E-state index contributed by atoms with van der Waals surface area (Å²) in [5.74, 6) is -1.10. The zero-order valence-electron chi connectivity index (χ0n) is 17.5. The highest BCUT2D eigenvalue weighted by Gasteiger charge is 2.56. The molecule has 0 radical (unpaired) electrons. The van der Waals surface area contributed by atoms with E-state index >= 15 is 0 Å². The number of aliphatic hydroxyl groups excluding tert-OH is 1. The molecule has 2 atom stereocenters. The second-order valence-electron chi connectivity index (χ2n) is 9.38. The molecule has 5 rings (SSSR count). The van der Waals surface area contributed by atoms with Gasteiger partial charge in [0.25, 0.3) is 5.91 Å². The fourth-order valence-corrected chi connectivity index (χ4v) is 5.13. The van der Waals surface area contributed by atoms with Gasteiger partial charge in [-0.25, -0.2) is 4.99 Å². The SMILES string of the molecule is CC1(C(=O)N2CCN(C3CC(O)C3)C(=O)C2)N=C2C(C(F)(F)F)=CC(C3CC3)=CN2C1Cl. The molecule has 1 N–H and O–H groups in total. The number of amidine groups is 1. The summed E-state index contributed by atoms with van der Waals surface area (Å²) in [5, 5.41) is 9.49. The number of fused-ring (bicyclic) bond motifs is 1. The van der Waals surface area contributed by atoms with Gasteiger partial charge < -0.3 is 19.8 Å². The van der Waals surface area contributed by atoms with Crippen LogP contribution in [0, 0.1) is 5.92 Å². The van der Waals surface area contributed by atoms with Crippen LogP contribution in [0.2, 0.25) is 0 Å². The number of hydrogen-bond acceptors (Lipinski definition) is 5. The van der Waals surface area contributed by atoms with Crippen molar-refractivity contribution in [3.8, 4) is 0 Å². The van der Waals surface area contributed by atoms with Crippen molar-refractivity contribution in [1.82, 2.24) is 14.7 Å². The summed E-state index contributed by atoms with van der Waals surface area (Å²) in [6.45, 7) is 1.80. The van der Waals surface area contributed by atoms with E-state index < -0.39 is 34.8 Å². The summed E-state index contributed by atoms with van der Waals surface area (Å²) in [7, 11) is 0. The van der Waals surface area contributed by atoms with Gasteiger partial charge >= 0.3 is 6.18 Å². The maximum Gasteiger partial charge on any atom is 0.419 e. The molecule has 7 nitrogen and oxygen atoms in total. The van der Waals surface area contributed by atoms with Gasteiger partial charge in [0.2, 0.25) is 5.91 Å². The molecule has 5 aliphatic rings. The average Bonchev–Trinajstić information content (AvgIpc) is 3.51. The highest BCUT2D eigenvalue weighted by atomic mass is 35.5. The number of aliphatic imine (C=N–C) groups is 1. The monoisotopic (exact) mass is 472 g/mol. The number of aliphatic hydroxyl groups is 1. The van der Waals surface area contributed by atoms with E-state index in [2.05, 4.69) is 4.99 Å². The Kier molecular flexibility index (Phi) is 4.91. The predicted octanol–water partition coefficient (Wildman–Crippen LogP) is 2.01. The molecule has 3 aliphatic heterocycles. The molecule has 174 valence electrons. The molecule has 2 saturated carbocycles. The van der Waals surface area contributed by atoms with Gasteiger partial charge in [-0.2, -0.15) is 13.2 Å². The van der Waals surface area contributed by atoms with Crippen LogP contribution >= 0.6 is 11.6 Å². The van der Waals surface area contributed by atoms with Crippen LogP contribution in [0.4, 0.5) is 13.2 Å². The fraction of sp³-hybridized carbons (Fsp3) is 0.667. The standard InChI is InChI=1S/C21H24ClF3N4O3/c1-20(19(32)27-4-5-28(16(31)10-27)13-7-14(30)8-13)18(22)29-9-12(11-2-3-11)6-15(17(29)26-20)21(23,24)25/h6,9,11,13-14,18,30H,2-5,7-8,10H2,1H3. The Labute approximate surface area is 188 Å². The third kappa shape index (κ3) is 3.42. The quantitative estimate of drug-likeness (QED) is 0.503. The molecule has 0 spiro atoms. The van der Waals surface area contributed by atoms with E-state index in [0.29, 0.717) is 25.0 Å².